The predicted molar refractivity (Wildman–Crippen MR) is 82.1 cm³/mol. The van der Waals surface area contributed by atoms with Crippen LogP contribution in [0.3, 0.4) is 0 Å². The van der Waals surface area contributed by atoms with Gasteiger partial charge in [0.25, 0.3) is 0 Å². The number of rotatable bonds is 5. The summed E-state index contributed by atoms with van der Waals surface area (Å²) in [7, 11) is 3.86. The van der Waals surface area contributed by atoms with Gasteiger partial charge in [0, 0.05) is 13.1 Å². The van der Waals surface area contributed by atoms with E-state index < -0.39 is 0 Å². The van der Waals surface area contributed by atoms with Crippen LogP contribution in [0.25, 0.3) is 0 Å². The molecule has 1 aromatic carbocycles. The summed E-state index contributed by atoms with van der Waals surface area (Å²) in [5.74, 6) is 0.882. The van der Waals surface area contributed by atoms with E-state index in [0.29, 0.717) is 0 Å². The van der Waals surface area contributed by atoms with Gasteiger partial charge >= 0.3 is 0 Å². The lowest BCUT2D eigenvalue weighted by molar-refractivity contribution is -0.156. The van der Waals surface area contributed by atoms with Crippen molar-refractivity contribution in [1.82, 2.24) is 4.90 Å². The summed E-state index contributed by atoms with van der Waals surface area (Å²) in [4.78, 5) is 2.35. The molecule has 0 aromatic heterocycles. The van der Waals surface area contributed by atoms with E-state index in [0.717, 1.165) is 31.7 Å². The molecule has 0 N–H and O–H groups in total. The third kappa shape index (κ3) is 3.05. The highest BCUT2D eigenvalue weighted by Gasteiger charge is 2.39. The SMILES string of the molecule is C=CCC1CN(C)CC(CC)(c2cccc(OC)c2)O1. The quantitative estimate of drug-likeness (QED) is 0.770. The lowest BCUT2D eigenvalue weighted by Crippen LogP contribution is -2.52. The highest BCUT2D eigenvalue weighted by atomic mass is 16.5. The average Bonchev–Trinajstić information content (AvgIpc) is 2.47. The molecule has 1 saturated heterocycles. The van der Waals surface area contributed by atoms with Crippen molar-refractivity contribution >= 4 is 0 Å². The summed E-state index contributed by atoms with van der Waals surface area (Å²) >= 11 is 0. The molecule has 0 amide bonds. The van der Waals surface area contributed by atoms with E-state index in [9.17, 15) is 0 Å². The number of morpholine rings is 1. The first-order chi connectivity index (χ1) is 9.63. The minimum Gasteiger partial charge on any atom is -0.497 e. The van der Waals surface area contributed by atoms with Gasteiger partial charge in [-0.15, -0.1) is 6.58 Å². The Bertz CT molecular complexity index is 460. The Morgan fingerprint density at radius 1 is 1.55 bits per heavy atom. The second-order valence-electron chi connectivity index (χ2n) is 5.54. The molecule has 2 unspecified atom stereocenters. The van der Waals surface area contributed by atoms with Gasteiger partial charge < -0.3 is 14.4 Å². The fraction of sp³-hybridized carbons (Fsp3) is 0.529. The van der Waals surface area contributed by atoms with Gasteiger partial charge in [-0.3, -0.25) is 0 Å². The summed E-state index contributed by atoms with van der Waals surface area (Å²) in [6, 6.07) is 8.23. The van der Waals surface area contributed by atoms with E-state index in [1.54, 1.807) is 7.11 Å². The summed E-state index contributed by atoms with van der Waals surface area (Å²) in [6.45, 7) is 7.88. The number of nitrogens with zero attached hydrogens (tertiary/aromatic N) is 1. The maximum atomic E-state index is 6.45. The Kier molecular flexibility index (Phi) is 4.84. The molecule has 2 atom stereocenters. The lowest BCUT2D eigenvalue weighted by atomic mass is 9.88. The Balaban J connectivity index is 2.33. The van der Waals surface area contributed by atoms with E-state index in [2.05, 4.69) is 37.6 Å². The summed E-state index contributed by atoms with van der Waals surface area (Å²) in [5, 5.41) is 0. The molecule has 0 spiro atoms. The zero-order valence-electron chi connectivity index (χ0n) is 12.8. The van der Waals surface area contributed by atoms with Crippen LogP contribution in [0, 0.1) is 0 Å². The predicted octanol–water partition coefficient (Wildman–Crippen LogP) is 3.21. The second kappa shape index (κ2) is 6.42. The number of methoxy groups -OCH3 is 1. The summed E-state index contributed by atoms with van der Waals surface area (Å²) in [5.41, 5.74) is 0.940. The first-order valence-electron chi connectivity index (χ1n) is 7.25. The van der Waals surface area contributed by atoms with Gasteiger partial charge in [0.2, 0.25) is 0 Å². The second-order valence-corrected chi connectivity index (χ2v) is 5.54. The van der Waals surface area contributed by atoms with Crippen molar-refractivity contribution in [2.45, 2.75) is 31.5 Å². The van der Waals surface area contributed by atoms with Crippen LogP contribution in [0.5, 0.6) is 5.75 Å². The Morgan fingerprint density at radius 2 is 2.35 bits per heavy atom. The minimum atomic E-state index is -0.255. The Hall–Kier alpha value is -1.32. The van der Waals surface area contributed by atoms with Gasteiger partial charge in [0.05, 0.1) is 13.2 Å². The monoisotopic (exact) mass is 275 g/mol. The number of benzene rings is 1. The molecule has 1 aliphatic rings. The van der Waals surface area contributed by atoms with E-state index in [1.807, 2.05) is 18.2 Å². The van der Waals surface area contributed by atoms with Crippen molar-refractivity contribution in [2.75, 3.05) is 27.2 Å². The molecule has 2 rings (SSSR count). The van der Waals surface area contributed by atoms with Gasteiger partial charge in [0.1, 0.15) is 11.4 Å². The molecule has 1 fully saturated rings. The van der Waals surface area contributed by atoms with Gasteiger partial charge in [-0.1, -0.05) is 25.1 Å². The highest BCUT2D eigenvalue weighted by molar-refractivity contribution is 5.33. The molecular weight excluding hydrogens is 250 g/mol. The fourth-order valence-electron chi connectivity index (χ4n) is 3.02. The molecule has 0 aliphatic carbocycles. The van der Waals surface area contributed by atoms with Crippen LogP contribution in [0.4, 0.5) is 0 Å². The van der Waals surface area contributed by atoms with Crippen LogP contribution in [-0.4, -0.2) is 38.3 Å². The third-order valence-electron chi connectivity index (χ3n) is 4.03. The van der Waals surface area contributed by atoms with Crippen LogP contribution in [-0.2, 0) is 10.3 Å². The van der Waals surface area contributed by atoms with Crippen molar-refractivity contribution in [3.05, 3.63) is 42.5 Å². The van der Waals surface area contributed by atoms with E-state index >= 15 is 0 Å². The number of hydrogen-bond donors (Lipinski definition) is 0. The van der Waals surface area contributed by atoms with E-state index in [-0.39, 0.29) is 11.7 Å². The molecular formula is C17H25NO2. The number of ether oxygens (including phenoxy) is 2. The van der Waals surface area contributed by atoms with Gasteiger partial charge in [-0.2, -0.15) is 0 Å². The zero-order chi connectivity index (χ0) is 14.6. The minimum absolute atomic E-state index is 0.206. The molecule has 3 heteroatoms. The van der Waals surface area contributed by atoms with Crippen molar-refractivity contribution in [3.8, 4) is 5.75 Å². The third-order valence-corrected chi connectivity index (χ3v) is 4.03. The first kappa shape index (κ1) is 15.1. The van der Waals surface area contributed by atoms with Crippen LogP contribution >= 0.6 is 0 Å². The van der Waals surface area contributed by atoms with Crippen LogP contribution in [0.1, 0.15) is 25.3 Å². The molecule has 1 aliphatic heterocycles. The molecule has 0 saturated carbocycles. The van der Waals surface area contributed by atoms with E-state index in [1.165, 1.54) is 5.56 Å². The van der Waals surface area contributed by atoms with Gasteiger partial charge in [-0.25, -0.2) is 0 Å². The van der Waals surface area contributed by atoms with Crippen LogP contribution < -0.4 is 4.74 Å². The fourth-order valence-corrected chi connectivity index (χ4v) is 3.02. The van der Waals surface area contributed by atoms with Crippen LogP contribution in [0.15, 0.2) is 36.9 Å². The largest absolute Gasteiger partial charge is 0.497 e. The van der Waals surface area contributed by atoms with Crippen LogP contribution in [0.2, 0.25) is 0 Å². The number of likely N-dealkylation sites (N-methyl/N-ethyl adjacent to an activating group) is 1. The Morgan fingerprint density at radius 3 is 3.00 bits per heavy atom. The van der Waals surface area contributed by atoms with Crippen molar-refractivity contribution in [2.24, 2.45) is 0 Å². The van der Waals surface area contributed by atoms with Crippen molar-refractivity contribution in [3.63, 3.8) is 0 Å². The standard InChI is InChI=1S/C17H25NO2/c1-5-8-16-12-18(3)13-17(6-2,20-16)14-9-7-10-15(11-14)19-4/h5,7,9-11,16H,1,6,8,12-13H2,2-4H3. The summed E-state index contributed by atoms with van der Waals surface area (Å²) < 4.78 is 11.8. The van der Waals surface area contributed by atoms with Crippen molar-refractivity contribution < 1.29 is 9.47 Å². The normalized spacial score (nSPS) is 27.2. The molecule has 20 heavy (non-hydrogen) atoms. The first-order valence-corrected chi connectivity index (χ1v) is 7.25. The van der Waals surface area contributed by atoms with E-state index in [4.69, 9.17) is 9.47 Å². The van der Waals surface area contributed by atoms with Gasteiger partial charge in [-0.05, 0) is 37.6 Å². The maximum absolute atomic E-state index is 6.45. The molecule has 1 heterocycles. The molecule has 0 bridgehead atoms. The number of hydrogen-bond acceptors (Lipinski definition) is 3. The Labute approximate surface area is 122 Å². The maximum Gasteiger partial charge on any atom is 0.119 e. The summed E-state index contributed by atoms with van der Waals surface area (Å²) in [6.07, 6.45) is 3.97. The molecule has 1 aromatic rings. The topological polar surface area (TPSA) is 21.7 Å². The van der Waals surface area contributed by atoms with Crippen molar-refractivity contribution in [1.29, 1.82) is 0 Å². The molecule has 110 valence electrons. The van der Waals surface area contributed by atoms with Gasteiger partial charge in [0.15, 0.2) is 0 Å². The molecule has 0 radical (unpaired) electrons. The zero-order valence-corrected chi connectivity index (χ0v) is 12.8. The highest BCUT2D eigenvalue weighted by Crippen LogP contribution is 2.37. The lowest BCUT2D eigenvalue weighted by Gasteiger charge is -2.45. The molecule has 3 nitrogen and oxygen atoms in total. The smallest absolute Gasteiger partial charge is 0.119 e. The average molecular weight is 275 g/mol.